The minimum atomic E-state index is -0.584. The highest BCUT2D eigenvalue weighted by molar-refractivity contribution is 5.84. The standard InChI is InChI=1S/C11H14N2O4/c1-15-9-5-3-4-8(11(9)16-2)6-13-17-7-10(12)14/h3-6H,7H2,1-2H3,(H2,12,14)/b13-6-. The zero-order valence-electron chi connectivity index (χ0n) is 9.67. The van der Waals surface area contributed by atoms with E-state index in [2.05, 4.69) is 9.99 Å². The summed E-state index contributed by atoms with van der Waals surface area (Å²) in [5.74, 6) is 0.549. The lowest BCUT2D eigenvalue weighted by Crippen LogP contribution is -2.16. The van der Waals surface area contributed by atoms with Crippen molar-refractivity contribution >= 4 is 12.1 Å². The lowest BCUT2D eigenvalue weighted by molar-refractivity contribution is -0.122. The van der Waals surface area contributed by atoms with E-state index in [1.807, 2.05) is 0 Å². The molecule has 0 saturated carbocycles. The van der Waals surface area contributed by atoms with Crippen LogP contribution in [0.1, 0.15) is 5.56 Å². The summed E-state index contributed by atoms with van der Waals surface area (Å²) in [5, 5.41) is 3.60. The Labute approximate surface area is 98.9 Å². The van der Waals surface area contributed by atoms with E-state index in [0.717, 1.165) is 0 Å². The molecule has 1 amide bonds. The molecule has 0 heterocycles. The van der Waals surface area contributed by atoms with Crippen molar-refractivity contribution in [1.82, 2.24) is 0 Å². The smallest absolute Gasteiger partial charge is 0.258 e. The molecular weight excluding hydrogens is 224 g/mol. The molecule has 2 N–H and O–H groups in total. The van der Waals surface area contributed by atoms with Crippen LogP contribution in [0.15, 0.2) is 23.4 Å². The van der Waals surface area contributed by atoms with Crippen molar-refractivity contribution in [2.24, 2.45) is 10.9 Å². The van der Waals surface area contributed by atoms with E-state index in [0.29, 0.717) is 17.1 Å². The van der Waals surface area contributed by atoms with Crippen LogP contribution < -0.4 is 15.2 Å². The number of hydrogen-bond donors (Lipinski definition) is 1. The van der Waals surface area contributed by atoms with Gasteiger partial charge in [-0.15, -0.1) is 0 Å². The molecule has 1 rings (SSSR count). The van der Waals surface area contributed by atoms with Crippen LogP contribution in [0.4, 0.5) is 0 Å². The average molecular weight is 238 g/mol. The number of benzene rings is 1. The van der Waals surface area contributed by atoms with Gasteiger partial charge >= 0.3 is 0 Å². The Morgan fingerprint density at radius 2 is 2.18 bits per heavy atom. The molecule has 0 radical (unpaired) electrons. The highest BCUT2D eigenvalue weighted by Gasteiger charge is 2.07. The quantitative estimate of drug-likeness (QED) is 0.579. The van der Waals surface area contributed by atoms with Crippen molar-refractivity contribution in [3.05, 3.63) is 23.8 Å². The van der Waals surface area contributed by atoms with Gasteiger partial charge in [-0.25, -0.2) is 0 Å². The normalized spacial score (nSPS) is 10.2. The number of primary amides is 1. The molecule has 0 spiro atoms. The first-order chi connectivity index (χ1) is 8.19. The molecule has 1 aromatic carbocycles. The molecule has 6 heteroatoms. The molecule has 0 saturated heterocycles. The molecule has 0 aromatic heterocycles. The maximum absolute atomic E-state index is 10.4. The Morgan fingerprint density at radius 1 is 1.41 bits per heavy atom. The molecule has 6 nitrogen and oxygen atoms in total. The number of rotatable bonds is 6. The summed E-state index contributed by atoms with van der Waals surface area (Å²) in [6.07, 6.45) is 1.42. The Kier molecular flexibility index (Phi) is 4.80. The summed E-state index contributed by atoms with van der Waals surface area (Å²) >= 11 is 0. The van der Waals surface area contributed by atoms with E-state index in [1.165, 1.54) is 13.3 Å². The van der Waals surface area contributed by atoms with Crippen LogP contribution in [0.3, 0.4) is 0 Å². The van der Waals surface area contributed by atoms with Gasteiger partial charge in [-0.05, 0) is 12.1 Å². The summed E-state index contributed by atoms with van der Waals surface area (Å²) in [6.45, 7) is -0.261. The molecule has 1 aromatic rings. The zero-order valence-corrected chi connectivity index (χ0v) is 9.67. The van der Waals surface area contributed by atoms with Gasteiger partial charge in [-0.1, -0.05) is 11.2 Å². The summed E-state index contributed by atoms with van der Waals surface area (Å²) < 4.78 is 10.3. The van der Waals surface area contributed by atoms with E-state index in [9.17, 15) is 4.79 Å². The highest BCUT2D eigenvalue weighted by atomic mass is 16.6. The number of ether oxygens (including phenoxy) is 2. The summed E-state index contributed by atoms with van der Waals surface area (Å²) in [5.41, 5.74) is 5.57. The van der Waals surface area contributed by atoms with E-state index in [4.69, 9.17) is 15.2 Å². The number of nitrogens with zero attached hydrogens (tertiary/aromatic N) is 1. The van der Waals surface area contributed by atoms with E-state index >= 15 is 0 Å². The molecule has 0 fully saturated rings. The van der Waals surface area contributed by atoms with Crippen molar-refractivity contribution in [3.63, 3.8) is 0 Å². The molecule has 0 unspecified atom stereocenters. The third-order valence-corrected chi connectivity index (χ3v) is 1.91. The van der Waals surface area contributed by atoms with Crippen LogP contribution in [0, 0.1) is 0 Å². The lowest BCUT2D eigenvalue weighted by atomic mass is 10.2. The Morgan fingerprint density at radius 3 is 2.76 bits per heavy atom. The van der Waals surface area contributed by atoms with Gasteiger partial charge in [0.2, 0.25) is 0 Å². The molecular formula is C11H14N2O4. The Hall–Kier alpha value is -2.24. The van der Waals surface area contributed by atoms with Crippen molar-refractivity contribution in [1.29, 1.82) is 0 Å². The second-order valence-corrected chi connectivity index (χ2v) is 3.06. The van der Waals surface area contributed by atoms with E-state index in [-0.39, 0.29) is 6.61 Å². The molecule has 0 aliphatic heterocycles. The maximum atomic E-state index is 10.4. The van der Waals surface area contributed by atoms with Gasteiger partial charge in [0.1, 0.15) is 0 Å². The van der Waals surface area contributed by atoms with Gasteiger partial charge in [0, 0.05) is 5.56 Å². The van der Waals surface area contributed by atoms with Crippen molar-refractivity contribution in [3.8, 4) is 11.5 Å². The Bertz CT molecular complexity index is 418. The number of carbonyl (C=O) groups is 1. The second-order valence-electron chi connectivity index (χ2n) is 3.06. The minimum Gasteiger partial charge on any atom is -0.493 e. The molecule has 92 valence electrons. The van der Waals surface area contributed by atoms with Gasteiger partial charge in [-0.3, -0.25) is 4.79 Å². The Balaban J connectivity index is 2.79. The molecule has 0 aliphatic carbocycles. The van der Waals surface area contributed by atoms with Crippen LogP contribution >= 0.6 is 0 Å². The van der Waals surface area contributed by atoms with Gasteiger partial charge < -0.3 is 20.0 Å². The van der Waals surface area contributed by atoms with Crippen LogP contribution in [-0.4, -0.2) is 32.9 Å². The largest absolute Gasteiger partial charge is 0.493 e. The van der Waals surface area contributed by atoms with Crippen molar-refractivity contribution < 1.29 is 19.1 Å². The zero-order chi connectivity index (χ0) is 12.7. The first-order valence-corrected chi connectivity index (χ1v) is 4.83. The number of carbonyl (C=O) groups excluding carboxylic acids is 1. The van der Waals surface area contributed by atoms with Crippen molar-refractivity contribution in [2.75, 3.05) is 20.8 Å². The predicted octanol–water partition coefficient (Wildman–Crippen LogP) is 0.540. The third-order valence-electron chi connectivity index (χ3n) is 1.91. The van der Waals surface area contributed by atoms with Gasteiger partial charge in [0.15, 0.2) is 18.1 Å². The maximum Gasteiger partial charge on any atom is 0.258 e. The van der Waals surface area contributed by atoms with E-state index < -0.39 is 5.91 Å². The minimum absolute atomic E-state index is 0.261. The first-order valence-electron chi connectivity index (χ1n) is 4.83. The molecule has 17 heavy (non-hydrogen) atoms. The first kappa shape index (κ1) is 12.8. The topological polar surface area (TPSA) is 83.1 Å². The van der Waals surface area contributed by atoms with Crippen LogP contribution in [0.5, 0.6) is 11.5 Å². The summed E-state index contributed by atoms with van der Waals surface area (Å²) in [7, 11) is 3.07. The number of oxime groups is 1. The van der Waals surface area contributed by atoms with E-state index in [1.54, 1.807) is 25.3 Å². The lowest BCUT2D eigenvalue weighted by Gasteiger charge is -2.09. The number of hydrogen-bond acceptors (Lipinski definition) is 5. The van der Waals surface area contributed by atoms with Crippen molar-refractivity contribution in [2.45, 2.75) is 0 Å². The summed E-state index contributed by atoms with van der Waals surface area (Å²) in [4.78, 5) is 15.1. The molecule has 0 aliphatic rings. The van der Waals surface area contributed by atoms with Gasteiger partial charge in [-0.2, -0.15) is 0 Å². The summed E-state index contributed by atoms with van der Waals surface area (Å²) in [6, 6.07) is 5.33. The van der Waals surface area contributed by atoms with Gasteiger partial charge in [0.25, 0.3) is 5.91 Å². The molecule has 0 atom stereocenters. The fourth-order valence-electron chi connectivity index (χ4n) is 1.21. The van der Waals surface area contributed by atoms with Gasteiger partial charge in [0.05, 0.1) is 20.4 Å². The fraction of sp³-hybridized carbons (Fsp3) is 0.273. The van der Waals surface area contributed by atoms with Crippen LogP contribution in [0.25, 0.3) is 0 Å². The number of para-hydroxylation sites is 1. The second kappa shape index (κ2) is 6.37. The predicted molar refractivity (Wildman–Crippen MR) is 62.3 cm³/mol. The third kappa shape index (κ3) is 3.67. The fourth-order valence-corrected chi connectivity index (χ4v) is 1.21. The number of methoxy groups -OCH3 is 2. The SMILES string of the molecule is COc1cccc(/C=N\OCC(N)=O)c1OC. The highest BCUT2D eigenvalue weighted by Crippen LogP contribution is 2.29. The number of amides is 1. The monoisotopic (exact) mass is 238 g/mol. The number of nitrogens with two attached hydrogens (primary N) is 1. The molecule has 0 bridgehead atoms. The van der Waals surface area contributed by atoms with Crippen LogP contribution in [0.2, 0.25) is 0 Å². The van der Waals surface area contributed by atoms with Crippen LogP contribution in [-0.2, 0) is 9.63 Å². The average Bonchev–Trinajstić information content (AvgIpc) is 2.33.